The van der Waals surface area contributed by atoms with Gasteiger partial charge in [0, 0.05) is 0 Å². The molecule has 0 aliphatic heterocycles. The molecule has 0 aromatic carbocycles. The van der Waals surface area contributed by atoms with E-state index in [2.05, 4.69) is 42.9 Å². The SMILES string of the molecule is C1=CC2CC3[CH-]CCCC3C2C=C1.C[CH-]C.[C-]1=CC=CC1.[Zr+3]. The Bertz CT molecular complexity index is 392. The van der Waals surface area contributed by atoms with E-state index in [4.69, 9.17) is 0 Å². The molecule has 0 heterocycles. The van der Waals surface area contributed by atoms with E-state index < -0.39 is 0 Å². The van der Waals surface area contributed by atoms with Crippen LogP contribution in [-0.2, 0) is 26.2 Å². The number of fused-ring (bicyclic) bond motifs is 3. The maximum atomic E-state index is 2.99. The van der Waals surface area contributed by atoms with E-state index in [1.807, 2.05) is 32.4 Å². The van der Waals surface area contributed by atoms with Crippen molar-refractivity contribution in [3.05, 3.63) is 61.4 Å². The van der Waals surface area contributed by atoms with Crippen molar-refractivity contribution >= 4 is 0 Å². The van der Waals surface area contributed by atoms with Crippen molar-refractivity contribution in [1.29, 1.82) is 0 Å². The van der Waals surface area contributed by atoms with E-state index in [1.165, 1.54) is 25.7 Å². The quantitative estimate of drug-likeness (QED) is 0.464. The zero-order valence-electron chi connectivity index (χ0n) is 14.0. The molecule has 0 N–H and O–H groups in total. The summed E-state index contributed by atoms with van der Waals surface area (Å²) in [5.74, 6) is 3.68. The van der Waals surface area contributed by atoms with Gasteiger partial charge in [0.1, 0.15) is 0 Å². The summed E-state index contributed by atoms with van der Waals surface area (Å²) in [6, 6.07) is 0. The molecule has 0 amide bonds. The normalized spacial score (nSPS) is 32.8. The van der Waals surface area contributed by atoms with E-state index in [1.54, 1.807) is 0 Å². The molecule has 1 heteroatoms. The fraction of sp³-hybridized carbons (Fsp3) is 0.524. The molecule has 0 saturated heterocycles. The second kappa shape index (κ2) is 11.4. The van der Waals surface area contributed by atoms with Crippen LogP contribution in [0.3, 0.4) is 0 Å². The molecule has 4 aliphatic carbocycles. The Hall–Kier alpha value is -0.157. The molecule has 0 bridgehead atoms. The van der Waals surface area contributed by atoms with E-state index in [0.717, 1.165) is 30.1 Å². The van der Waals surface area contributed by atoms with Gasteiger partial charge in [0.2, 0.25) is 0 Å². The molecule has 2 saturated carbocycles. The van der Waals surface area contributed by atoms with Gasteiger partial charge < -0.3 is 12.8 Å². The first-order chi connectivity index (χ1) is 10.4. The summed E-state index contributed by atoms with van der Waals surface area (Å²) >= 11 is 0. The molecule has 4 rings (SSSR count). The fourth-order valence-corrected chi connectivity index (χ4v) is 3.84. The predicted octanol–water partition coefficient (Wildman–Crippen LogP) is 5.90. The van der Waals surface area contributed by atoms with E-state index in [-0.39, 0.29) is 26.2 Å². The van der Waals surface area contributed by atoms with Crippen LogP contribution in [0.1, 0.15) is 46.0 Å². The molecule has 117 valence electrons. The molecule has 4 aliphatic rings. The zero-order chi connectivity index (χ0) is 14.9. The third-order valence-electron chi connectivity index (χ3n) is 4.68. The molecule has 0 nitrogen and oxygen atoms in total. The molecular formula is C21H29Zr. The van der Waals surface area contributed by atoms with E-state index in [0.29, 0.717) is 0 Å². The Morgan fingerprint density at radius 1 is 1.14 bits per heavy atom. The van der Waals surface area contributed by atoms with E-state index >= 15 is 0 Å². The van der Waals surface area contributed by atoms with Crippen LogP contribution < -0.4 is 0 Å². The molecule has 0 aromatic heterocycles. The van der Waals surface area contributed by atoms with Gasteiger partial charge in [-0.1, -0.05) is 49.5 Å². The Kier molecular flexibility index (Phi) is 10.3. The summed E-state index contributed by atoms with van der Waals surface area (Å²) in [6.45, 7) is 4.00. The summed E-state index contributed by atoms with van der Waals surface area (Å²) in [5, 5.41) is 0. The molecule has 1 radical (unpaired) electrons. The molecule has 0 spiro atoms. The second-order valence-electron chi connectivity index (χ2n) is 6.32. The van der Waals surface area contributed by atoms with Gasteiger partial charge in [0.25, 0.3) is 0 Å². The average molecular weight is 373 g/mol. The van der Waals surface area contributed by atoms with Gasteiger partial charge >= 0.3 is 26.2 Å². The topological polar surface area (TPSA) is 0 Å². The third kappa shape index (κ3) is 5.80. The number of allylic oxidation sites excluding steroid dienone is 8. The Morgan fingerprint density at radius 3 is 2.55 bits per heavy atom. The Balaban J connectivity index is 0.000000227. The van der Waals surface area contributed by atoms with Gasteiger partial charge in [0.05, 0.1) is 0 Å². The Morgan fingerprint density at radius 2 is 1.91 bits per heavy atom. The van der Waals surface area contributed by atoms with Crippen molar-refractivity contribution in [2.45, 2.75) is 46.0 Å². The standard InChI is InChI=1S/C13H17.C5H5.C3H7.Zr/c1-3-7-12-10(5-1)9-11-6-2-4-8-13(11)12;1-2-4-5-3-1;1-3-2;/h1,3,5-7,10-13H,2,4,8-9H2;1-3H,4H2;3H,1-2H3;/q3*-1;+3. The summed E-state index contributed by atoms with van der Waals surface area (Å²) < 4.78 is 0. The van der Waals surface area contributed by atoms with Crippen molar-refractivity contribution in [3.8, 4) is 0 Å². The first-order valence-electron chi connectivity index (χ1n) is 8.50. The molecule has 4 unspecified atom stereocenters. The zero-order valence-corrected chi connectivity index (χ0v) is 16.5. The first kappa shape index (κ1) is 19.9. The molecule has 2 fully saturated rings. The third-order valence-corrected chi connectivity index (χ3v) is 4.68. The van der Waals surface area contributed by atoms with Crippen LogP contribution in [0.5, 0.6) is 0 Å². The van der Waals surface area contributed by atoms with Crippen LogP contribution in [0.2, 0.25) is 0 Å². The molecule has 4 atom stereocenters. The largest absolute Gasteiger partial charge is 3.00 e. The van der Waals surface area contributed by atoms with Crippen molar-refractivity contribution in [2.24, 2.45) is 23.7 Å². The van der Waals surface area contributed by atoms with Crippen LogP contribution in [-0.4, -0.2) is 0 Å². The fourth-order valence-electron chi connectivity index (χ4n) is 3.84. The van der Waals surface area contributed by atoms with Crippen LogP contribution in [0.25, 0.3) is 0 Å². The number of hydrogen-bond acceptors (Lipinski definition) is 0. The minimum absolute atomic E-state index is 0. The van der Waals surface area contributed by atoms with Crippen LogP contribution in [0.4, 0.5) is 0 Å². The van der Waals surface area contributed by atoms with Crippen LogP contribution >= 0.6 is 0 Å². The summed E-state index contributed by atoms with van der Waals surface area (Å²) in [4.78, 5) is 0. The van der Waals surface area contributed by atoms with Crippen LogP contribution in [0.15, 0.2) is 42.5 Å². The van der Waals surface area contributed by atoms with Gasteiger partial charge in [-0.05, 0) is 11.8 Å². The van der Waals surface area contributed by atoms with Gasteiger partial charge in [-0.2, -0.15) is 32.3 Å². The maximum Gasteiger partial charge on any atom is 3.00 e. The summed E-state index contributed by atoms with van der Waals surface area (Å²) in [7, 11) is 0. The maximum absolute atomic E-state index is 2.99. The summed E-state index contributed by atoms with van der Waals surface area (Å²) in [5.41, 5.74) is 0. The van der Waals surface area contributed by atoms with Crippen molar-refractivity contribution in [3.63, 3.8) is 0 Å². The second-order valence-corrected chi connectivity index (χ2v) is 6.32. The van der Waals surface area contributed by atoms with Crippen LogP contribution in [0, 0.1) is 42.6 Å². The average Bonchev–Trinajstić information content (AvgIpc) is 3.19. The minimum Gasteiger partial charge on any atom is -0.335 e. The molecular weight excluding hydrogens is 343 g/mol. The number of hydrogen-bond donors (Lipinski definition) is 0. The monoisotopic (exact) mass is 371 g/mol. The predicted molar refractivity (Wildman–Crippen MR) is 92.2 cm³/mol. The Labute approximate surface area is 157 Å². The van der Waals surface area contributed by atoms with Crippen molar-refractivity contribution in [1.82, 2.24) is 0 Å². The van der Waals surface area contributed by atoms with Gasteiger partial charge in [0.15, 0.2) is 0 Å². The molecule has 0 aromatic rings. The van der Waals surface area contributed by atoms with E-state index in [9.17, 15) is 0 Å². The number of rotatable bonds is 0. The first-order valence-corrected chi connectivity index (χ1v) is 8.50. The van der Waals surface area contributed by atoms with Gasteiger partial charge in [-0.15, -0.1) is 6.42 Å². The van der Waals surface area contributed by atoms with Gasteiger partial charge in [-0.3, -0.25) is 6.08 Å². The van der Waals surface area contributed by atoms with Crippen molar-refractivity contribution < 1.29 is 26.2 Å². The van der Waals surface area contributed by atoms with Crippen molar-refractivity contribution in [2.75, 3.05) is 0 Å². The minimum atomic E-state index is 0. The molecule has 22 heavy (non-hydrogen) atoms. The smallest absolute Gasteiger partial charge is 0.335 e. The summed E-state index contributed by atoms with van der Waals surface area (Å²) in [6.07, 6.45) is 29.7. The van der Waals surface area contributed by atoms with Gasteiger partial charge in [-0.25, -0.2) is 12.2 Å².